The van der Waals surface area contributed by atoms with Crippen LogP contribution in [0.4, 0.5) is 5.69 Å². The van der Waals surface area contributed by atoms with Crippen LogP contribution in [-0.2, 0) is 17.3 Å². The summed E-state index contributed by atoms with van der Waals surface area (Å²) in [5.74, 6) is -0.234. The summed E-state index contributed by atoms with van der Waals surface area (Å²) in [5.41, 5.74) is 2.65. The first-order valence-corrected chi connectivity index (χ1v) is 10.8. The van der Waals surface area contributed by atoms with Crippen LogP contribution in [0.25, 0.3) is 10.9 Å². The lowest BCUT2D eigenvalue weighted by atomic mass is 9.91. The Labute approximate surface area is 183 Å². The Morgan fingerprint density at radius 2 is 2.00 bits per heavy atom. The molecule has 158 valence electrons. The number of hydrogen-bond acceptors (Lipinski definition) is 3. The average Bonchev–Trinajstić information content (AvgIpc) is 3.64. The zero-order valence-corrected chi connectivity index (χ0v) is 17.9. The molecule has 1 aliphatic heterocycles. The number of amides is 2. The van der Waals surface area contributed by atoms with Crippen molar-refractivity contribution in [2.45, 2.75) is 36.6 Å². The Kier molecular flexibility index (Phi) is 3.62. The molecule has 1 spiro atoms. The maximum atomic E-state index is 13.3. The highest BCUT2D eigenvalue weighted by Gasteiger charge is 2.67. The van der Waals surface area contributed by atoms with Gasteiger partial charge in [-0.05, 0) is 48.6 Å². The molecule has 0 bridgehead atoms. The zero-order chi connectivity index (χ0) is 21.7. The van der Waals surface area contributed by atoms with Crippen molar-refractivity contribution in [3.8, 4) is 0 Å². The number of aryl methyl sites for hydroxylation is 1. The van der Waals surface area contributed by atoms with Gasteiger partial charge >= 0.3 is 0 Å². The number of aromatic amines is 1. The van der Waals surface area contributed by atoms with Crippen LogP contribution in [0, 0.1) is 0 Å². The fourth-order valence-electron chi connectivity index (χ4n) is 5.11. The summed E-state index contributed by atoms with van der Waals surface area (Å²) in [6, 6.07) is 7.55. The van der Waals surface area contributed by atoms with E-state index in [0.717, 1.165) is 29.7 Å². The molecular weight excluding hydrogens is 416 g/mol. The van der Waals surface area contributed by atoms with Crippen LogP contribution in [0.2, 0.25) is 5.02 Å². The van der Waals surface area contributed by atoms with Crippen molar-refractivity contribution in [3.63, 3.8) is 0 Å². The van der Waals surface area contributed by atoms with Crippen molar-refractivity contribution in [2.24, 2.45) is 7.05 Å². The largest absolute Gasteiger partial charge is 0.348 e. The van der Waals surface area contributed by atoms with E-state index in [0.29, 0.717) is 28.0 Å². The molecular formula is C23H21ClN4O3. The number of carbonyl (C=O) groups excluding carboxylic acids is 2. The molecule has 2 aromatic heterocycles. The van der Waals surface area contributed by atoms with E-state index >= 15 is 0 Å². The lowest BCUT2D eigenvalue weighted by molar-refractivity contribution is -0.120. The maximum Gasteiger partial charge on any atom is 0.274 e. The van der Waals surface area contributed by atoms with E-state index in [9.17, 15) is 14.4 Å². The van der Waals surface area contributed by atoms with Gasteiger partial charge in [-0.25, -0.2) is 0 Å². The normalized spacial score (nSPS) is 24.2. The summed E-state index contributed by atoms with van der Waals surface area (Å²) in [6.45, 7) is 0. The second-order valence-electron chi connectivity index (χ2n) is 8.97. The molecule has 0 radical (unpaired) electrons. The summed E-state index contributed by atoms with van der Waals surface area (Å²) < 4.78 is 1.52. The van der Waals surface area contributed by atoms with E-state index in [1.807, 2.05) is 24.4 Å². The molecule has 2 amide bonds. The number of H-pyrrole nitrogens is 1. The monoisotopic (exact) mass is 436 g/mol. The maximum absolute atomic E-state index is 13.3. The minimum Gasteiger partial charge on any atom is -0.348 e. The Balaban J connectivity index is 1.48. The standard InChI is InChI=1S/C23H21ClN4O3/c1-27-10-14(13-8-17(26-19(13)21(27)30)20(29)25-12-4-5-12)16-9-23(16)15-6-3-11(24)7-18(15)28(2)22(23)31/h3,6-8,10,12,16,26H,4-5,9H2,1-2H3,(H,25,29)/t16-,23-/m0/s1. The van der Waals surface area contributed by atoms with Gasteiger partial charge in [0, 0.05) is 48.3 Å². The van der Waals surface area contributed by atoms with E-state index in [1.54, 1.807) is 25.1 Å². The van der Waals surface area contributed by atoms with E-state index in [-0.39, 0.29) is 29.3 Å². The zero-order valence-electron chi connectivity index (χ0n) is 17.2. The van der Waals surface area contributed by atoms with Gasteiger partial charge in [0.05, 0.1) is 5.41 Å². The minimum absolute atomic E-state index is 0.0407. The van der Waals surface area contributed by atoms with Crippen molar-refractivity contribution in [1.29, 1.82) is 0 Å². The molecule has 1 aromatic carbocycles. The molecule has 3 heterocycles. The summed E-state index contributed by atoms with van der Waals surface area (Å²) in [7, 11) is 3.47. The molecule has 2 N–H and O–H groups in total. The third-order valence-corrected chi connectivity index (χ3v) is 7.21. The van der Waals surface area contributed by atoms with Crippen molar-refractivity contribution in [1.82, 2.24) is 14.9 Å². The van der Waals surface area contributed by atoms with Crippen molar-refractivity contribution in [3.05, 3.63) is 62.7 Å². The molecule has 2 saturated carbocycles. The number of hydrogen-bond donors (Lipinski definition) is 2. The summed E-state index contributed by atoms with van der Waals surface area (Å²) in [5, 5.41) is 4.26. The highest BCUT2D eigenvalue weighted by atomic mass is 35.5. The Morgan fingerprint density at radius 3 is 2.74 bits per heavy atom. The van der Waals surface area contributed by atoms with Gasteiger partial charge in [-0.1, -0.05) is 17.7 Å². The second kappa shape index (κ2) is 6.01. The van der Waals surface area contributed by atoms with E-state index in [2.05, 4.69) is 10.3 Å². The van der Waals surface area contributed by atoms with Crippen molar-refractivity contribution >= 4 is 40.0 Å². The fourth-order valence-corrected chi connectivity index (χ4v) is 5.28. The average molecular weight is 437 g/mol. The molecule has 3 aliphatic rings. The molecule has 2 atom stereocenters. The number of fused-ring (bicyclic) bond motifs is 3. The van der Waals surface area contributed by atoms with Gasteiger partial charge in [0.25, 0.3) is 11.5 Å². The van der Waals surface area contributed by atoms with Gasteiger partial charge in [0.15, 0.2) is 0 Å². The number of pyridine rings is 1. The first kappa shape index (κ1) is 18.7. The highest BCUT2D eigenvalue weighted by Crippen LogP contribution is 2.66. The molecule has 8 heteroatoms. The number of nitrogens with one attached hydrogen (secondary N) is 2. The number of nitrogens with zero attached hydrogens (tertiary/aromatic N) is 2. The third kappa shape index (κ3) is 2.50. The number of halogens is 1. The number of carbonyl (C=O) groups is 2. The Bertz CT molecular complexity index is 1370. The van der Waals surface area contributed by atoms with Crippen LogP contribution >= 0.6 is 11.6 Å². The van der Waals surface area contributed by atoms with Crippen LogP contribution in [0.1, 0.15) is 46.8 Å². The van der Waals surface area contributed by atoms with E-state index in [1.165, 1.54) is 4.57 Å². The van der Waals surface area contributed by atoms with Crippen LogP contribution in [0.15, 0.2) is 35.3 Å². The van der Waals surface area contributed by atoms with Crippen LogP contribution in [0.3, 0.4) is 0 Å². The molecule has 3 aromatic rings. The number of anilines is 1. The van der Waals surface area contributed by atoms with Gasteiger partial charge in [0.2, 0.25) is 5.91 Å². The summed E-state index contributed by atoms with van der Waals surface area (Å²) in [6.07, 6.45) is 4.44. The summed E-state index contributed by atoms with van der Waals surface area (Å²) in [4.78, 5) is 43.4. The second-order valence-corrected chi connectivity index (χ2v) is 9.41. The quantitative estimate of drug-likeness (QED) is 0.661. The smallest absolute Gasteiger partial charge is 0.274 e. The van der Waals surface area contributed by atoms with Crippen molar-refractivity contribution < 1.29 is 9.59 Å². The number of likely N-dealkylation sites (N-methyl/N-ethyl adjacent to an activating group) is 1. The lowest BCUT2D eigenvalue weighted by Gasteiger charge is -2.12. The van der Waals surface area contributed by atoms with Gasteiger partial charge < -0.3 is 19.8 Å². The van der Waals surface area contributed by atoms with Gasteiger partial charge in [0.1, 0.15) is 11.2 Å². The number of aromatic nitrogens is 2. The molecule has 2 aliphatic carbocycles. The lowest BCUT2D eigenvalue weighted by Crippen LogP contribution is -2.29. The molecule has 2 fully saturated rings. The Hall–Kier alpha value is -3.06. The first-order valence-electron chi connectivity index (χ1n) is 10.4. The predicted molar refractivity (Wildman–Crippen MR) is 118 cm³/mol. The highest BCUT2D eigenvalue weighted by molar-refractivity contribution is 6.31. The van der Waals surface area contributed by atoms with E-state index in [4.69, 9.17) is 11.6 Å². The van der Waals surface area contributed by atoms with Gasteiger partial charge in [-0.2, -0.15) is 0 Å². The molecule has 0 unspecified atom stereocenters. The fraction of sp³-hybridized carbons (Fsp3) is 0.348. The van der Waals surface area contributed by atoms with Gasteiger partial charge in [-0.15, -0.1) is 0 Å². The van der Waals surface area contributed by atoms with Gasteiger partial charge in [-0.3, -0.25) is 14.4 Å². The molecule has 31 heavy (non-hydrogen) atoms. The predicted octanol–water partition coefficient (Wildman–Crippen LogP) is 2.81. The number of rotatable bonds is 3. The first-order chi connectivity index (χ1) is 14.8. The van der Waals surface area contributed by atoms with Crippen LogP contribution in [0.5, 0.6) is 0 Å². The van der Waals surface area contributed by atoms with Crippen molar-refractivity contribution in [2.75, 3.05) is 11.9 Å². The Morgan fingerprint density at radius 1 is 1.23 bits per heavy atom. The van der Waals surface area contributed by atoms with E-state index < -0.39 is 5.41 Å². The summed E-state index contributed by atoms with van der Waals surface area (Å²) >= 11 is 6.17. The third-order valence-electron chi connectivity index (χ3n) is 6.98. The number of benzene rings is 1. The molecule has 6 rings (SSSR count). The van der Waals surface area contributed by atoms with Crippen LogP contribution < -0.4 is 15.8 Å². The molecule has 0 saturated heterocycles. The van der Waals surface area contributed by atoms with Crippen LogP contribution in [-0.4, -0.2) is 34.5 Å². The minimum atomic E-state index is -0.646. The SMILES string of the molecule is CN1C(=O)[C@@]2(C[C@H]2c2cn(C)c(=O)c3[nH]c(C(=O)NC4CC4)cc23)c2ccc(Cl)cc21. The topological polar surface area (TPSA) is 87.2 Å². The molecule has 7 nitrogen and oxygen atoms in total.